The van der Waals surface area contributed by atoms with Crippen molar-refractivity contribution in [3.63, 3.8) is 0 Å². The average molecular weight is 357 g/mol. The molecule has 132 valence electrons. The largest absolute Gasteiger partial charge is 0.309 e. The molecule has 0 spiro atoms. The van der Waals surface area contributed by atoms with Crippen LogP contribution in [0.1, 0.15) is 31.7 Å². The molecule has 3 nitrogen and oxygen atoms in total. The molecule has 3 rings (SSSR count). The first-order valence-electron chi connectivity index (χ1n) is 9.01. The van der Waals surface area contributed by atoms with Gasteiger partial charge < -0.3 is 4.90 Å². The van der Waals surface area contributed by atoms with E-state index in [1.54, 1.807) is 0 Å². The Morgan fingerprint density at radius 1 is 1.08 bits per heavy atom. The van der Waals surface area contributed by atoms with Gasteiger partial charge in [0.1, 0.15) is 0 Å². The average Bonchev–Trinajstić information content (AvgIpc) is 2.65. The predicted molar refractivity (Wildman–Crippen MR) is 104 cm³/mol. The van der Waals surface area contributed by atoms with Crippen LogP contribution < -0.4 is 4.90 Å². The number of hydrogen-bond donors (Lipinski definition) is 0. The lowest BCUT2D eigenvalue weighted by Gasteiger charge is -2.38. The first-order chi connectivity index (χ1) is 12.2. The third-order valence-corrected chi connectivity index (χ3v) is 5.10. The Bertz CT molecular complexity index is 679. The van der Waals surface area contributed by atoms with E-state index in [4.69, 9.17) is 11.6 Å². The van der Waals surface area contributed by atoms with Crippen molar-refractivity contribution in [2.24, 2.45) is 0 Å². The van der Waals surface area contributed by atoms with Crippen molar-refractivity contribution in [2.75, 3.05) is 18.0 Å². The van der Waals surface area contributed by atoms with Crippen molar-refractivity contribution < 1.29 is 4.79 Å². The molecule has 0 atom stereocenters. The number of piperidine rings is 1. The number of amides is 1. The molecule has 0 radical (unpaired) electrons. The summed E-state index contributed by atoms with van der Waals surface area (Å²) in [5, 5.41) is 0.699. The molecule has 1 aliphatic heterocycles. The number of rotatable bonds is 5. The maximum absolute atomic E-state index is 12.5. The van der Waals surface area contributed by atoms with Gasteiger partial charge in [0.25, 0.3) is 0 Å². The molecule has 0 bridgehead atoms. The summed E-state index contributed by atoms with van der Waals surface area (Å²) in [6.07, 6.45) is 2.52. The zero-order valence-corrected chi connectivity index (χ0v) is 15.5. The summed E-state index contributed by atoms with van der Waals surface area (Å²) in [7, 11) is 0. The number of benzene rings is 2. The predicted octanol–water partition coefficient (Wildman–Crippen LogP) is 4.75. The van der Waals surface area contributed by atoms with Gasteiger partial charge in [-0.05, 0) is 42.7 Å². The molecule has 4 heteroatoms. The third kappa shape index (κ3) is 4.62. The minimum Gasteiger partial charge on any atom is -0.309 e. The summed E-state index contributed by atoms with van der Waals surface area (Å²) in [5.41, 5.74) is 2.30. The molecule has 25 heavy (non-hydrogen) atoms. The van der Waals surface area contributed by atoms with Gasteiger partial charge in [0.15, 0.2) is 0 Å². The number of anilines is 1. The number of carbonyl (C=O) groups excluding carboxylic acids is 1. The van der Waals surface area contributed by atoms with Crippen LogP contribution in [0, 0.1) is 0 Å². The van der Waals surface area contributed by atoms with Gasteiger partial charge in [-0.15, -0.1) is 0 Å². The fraction of sp³-hybridized carbons (Fsp3) is 0.381. The Labute approximate surface area is 155 Å². The van der Waals surface area contributed by atoms with Gasteiger partial charge in [-0.2, -0.15) is 0 Å². The topological polar surface area (TPSA) is 23.6 Å². The van der Waals surface area contributed by atoms with Gasteiger partial charge in [0.05, 0.1) is 0 Å². The van der Waals surface area contributed by atoms with E-state index in [2.05, 4.69) is 35.2 Å². The molecule has 2 aromatic carbocycles. The van der Waals surface area contributed by atoms with Gasteiger partial charge in [0, 0.05) is 42.8 Å². The second kappa shape index (κ2) is 8.50. The fourth-order valence-corrected chi connectivity index (χ4v) is 3.63. The van der Waals surface area contributed by atoms with E-state index in [9.17, 15) is 4.79 Å². The van der Waals surface area contributed by atoms with E-state index in [0.717, 1.165) is 38.2 Å². The van der Waals surface area contributed by atoms with Gasteiger partial charge in [0.2, 0.25) is 5.91 Å². The minimum atomic E-state index is 0.184. The van der Waals surface area contributed by atoms with Crippen LogP contribution in [0.25, 0.3) is 0 Å². The second-order valence-corrected chi connectivity index (χ2v) is 7.02. The summed E-state index contributed by atoms with van der Waals surface area (Å²) in [6, 6.07) is 18.5. The SMILES string of the molecule is CCC(=O)N(c1ccc(Cl)cc1)C1CCN(Cc2ccccc2)CC1. The van der Waals surface area contributed by atoms with Crippen LogP contribution in [0.15, 0.2) is 54.6 Å². The summed E-state index contributed by atoms with van der Waals surface area (Å²) < 4.78 is 0. The van der Waals surface area contributed by atoms with E-state index in [1.807, 2.05) is 36.1 Å². The maximum Gasteiger partial charge on any atom is 0.226 e. The van der Waals surface area contributed by atoms with Crippen LogP contribution in [-0.4, -0.2) is 29.9 Å². The fourth-order valence-electron chi connectivity index (χ4n) is 3.51. The van der Waals surface area contributed by atoms with E-state index < -0.39 is 0 Å². The van der Waals surface area contributed by atoms with Crippen LogP contribution >= 0.6 is 11.6 Å². The Balaban J connectivity index is 1.66. The molecular weight excluding hydrogens is 332 g/mol. The zero-order chi connectivity index (χ0) is 17.6. The van der Waals surface area contributed by atoms with Gasteiger partial charge >= 0.3 is 0 Å². The summed E-state index contributed by atoms with van der Waals surface area (Å²) in [4.78, 5) is 17.0. The molecule has 0 unspecified atom stereocenters. The summed E-state index contributed by atoms with van der Waals surface area (Å²) >= 11 is 6.00. The van der Waals surface area contributed by atoms with E-state index in [-0.39, 0.29) is 11.9 Å². The van der Waals surface area contributed by atoms with Crippen molar-refractivity contribution in [3.05, 3.63) is 65.2 Å². The molecule has 1 saturated heterocycles. The Hall–Kier alpha value is -1.84. The lowest BCUT2D eigenvalue weighted by Crippen LogP contribution is -2.47. The molecular formula is C21H25ClN2O. The van der Waals surface area contributed by atoms with E-state index in [1.165, 1.54) is 5.56 Å². The van der Waals surface area contributed by atoms with Crippen LogP contribution in [0.4, 0.5) is 5.69 Å². The molecule has 1 aliphatic rings. The highest BCUT2D eigenvalue weighted by Gasteiger charge is 2.28. The normalized spacial score (nSPS) is 15.9. The summed E-state index contributed by atoms with van der Waals surface area (Å²) in [5.74, 6) is 0.184. The lowest BCUT2D eigenvalue weighted by molar-refractivity contribution is -0.119. The Morgan fingerprint density at radius 3 is 2.32 bits per heavy atom. The smallest absolute Gasteiger partial charge is 0.226 e. The highest BCUT2D eigenvalue weighted by atomic mass is 35.5. The summed E-state index contributed by atoms with van der Waals surface area (Å²) in [6.45, 7) is 4.94. The molecule has 2 aromatic rings. The maximum atomic E-state index is 12.5. The number of halogens is 1. The van der Waals surface area contributed by atoms with Gasteiger partial charge in [-0.1, -0.05) is 48.9 Å². The quantitative estimate of drug-likeness (QED) is 0.772. The van der Waals surface area contributed by atoms with Gasteiger partial charge in [-0.25, -0.2) is 0 Å². The molecule has 1 heterocycles. The number of likely N-dealkylation sites (tertiary alicyclic amines) is 1. The monoisotopic (exact) mass is 356 g/mol. The highest BCUT2D eigenvalue weighted by Crippen LogP contribution is 2.26. The van der Waals surface area contributed by atoms with Crippen molar-refractivity contribution in [1.29, 1.82) is 0 Å². The van der Waals surface area contributed by atoms with Crippen molar-refractivity contribution >= 4 is 23.2 Å². The van der Waals surface area contributed by atoms with Crippen molar-refractivity contribution in [2.45, 2.75) is 38.8 Å². The standard InChI is InChI=1S/C21H25ClN2O/c1-2-21(25)24(19-10-8-18(22)9-11-19)20-12-14-23(15-13-20)16-17-6-4-3-5-7-17/h3-11,20H,2,12-16H2,1H3. The number of carbonyl (C=O) groups is 1. The molecule has 0 aliphatic carbocycles. The van der Waals surface area contributed by atoms with Crippen LogP contribution in [0.3, 0.4) is 0 Å². The zero-order valence-electron chi connectivity index (χ0n) is 14.7. The molecule has 1 fully saturated rings. The number of nitrogens with zero attached hydrogens (tertiary/aromatic N) is 2. The molecule has 0 saturated carbocycles. The van der Waals surface area contributed by atoms with Crippen molar-refractivity contribution in [1.82, 2.24) is 4.90 Å². The number of hydrogen-bond acceptors (Lipinski definition) is 2. The van der Waals surface area contributed by atoms with Crippen molar-refractivity contribution in [3.8, 4) is 0 Å². The van der Waals surface area contributed by atoms with Crippen LogP contribution in [0.2, 0.25) is 5.02 Å². The molecule has 0 aromatic heterocycles. The van der Waals surface area contributed by atoms with Gasteiger partial charge in [-0.3, -0.25) is 9.69 Å². The Morgan fingerprint density at radius 2 is 1.72 bits per heavy atom. The Kier molecular flexibility index (Phi) is 6.11. The molecule has 0 N–H and O–H groups in total. The first kappa shape index (κ1) is 18.0. The minimum absolute atomic E-state index is 0.184. The second-order valence-electron chi connectivity index (χ2n) is 6.59. The van der Waals surface area contributed by atoms with E-state index in [0.29, 0.717) is 11.4 Å². The van der Waals surface area contributed by atoms with E-state index >= 15 is 0 Å². The lowest BCUT2D eigenvalue weighted by atomic mass is 10.0. The first-order valence-corrected chi connectivity index (χ1v) is 9.39. The van der Waals surface area contributed by atoms with Crippen LogP contribution in [-0.2, 0) is 11.3 Å². The third-order valence-electron chi connectivity index (χ3n) is 4.85. The van der Waals surface area contributed by atoms with Crippen LogP contribution in [0.5, 0.6) is 0 Å². The highest BCUT2D eigenvalue weighted by molar-refractivity contribution is 6.30. The molecule has 1 amide bonds.